The van der Waals surface area contributed by atoms with Crippen LogP contribution in [0.3, 0.4) is 0 Å². The van der Waals surface area contributed by atoms with Gasteiger partial charge in [0, 0.05) is 20.2 Å². The van der Waals surface area contributed by atoms with E-state index in [1.54, 1.807) is 21.0 Å². The molecule has 0 radical (unpaired) electrons. The third-order valence-electron chi connectivity index (χ3n) is 2.86. The van der Waals surface area contributed by atoms with Gasteiger partial charge in [-0.1, -0.05) is 3.82 Å². The van der Waals surface area contributed by atoms with E-state index in [0.29, 0.717) is 39.6 Å². The summed E-state index contributed by atoms with van der Waals surface area (Å²) in [5, 5.41) is 0. The summed E-state index contributed by atoms with van der Waals surface area (Å²) in [6, 6.07) is 0. The molecule has 1 rings (SSSR count). The first kappa shape index (κ1) is 18.1. The second kappa shape index (κ2) is 7.88. The van der Waals surface area contributed by atoms with Crippen LogP contribution in [0.4, 0.5) is 0 Å². The predicted molar refractivity (Wildman–Crippen MR) is 75.8 cm³/mol. The number of ether oxygens (including phenoxy) is 3. The summed E-state index contributed by atoms with van der Waals surface area (Å²) < 4.78 is 41.6. The Labute approximate surface area is 126 Å². The van der Waals surface area contributed by atoms with Gasteiger partial charge >= 0.3 is 0 Å². The molecule has 1 heterocycles. The highest BCUT2D eigenvalue weighted by Gasteiger charge is 2.48. The maximum atomic E-state index is 12.0. The van der Waals surface area contributed by atoms with Crippen LogP contribution in [0, 0.1) is 0 Å². The highest BCUT2D eigenvalue weighted by atomic mass is 35.5. The predicted octanol–water partition coefficient (Wildman–Crippen LogP) is 0.461. The minimum Gasteiger partial charge on any atom is -0.382 e. The van der Waals surface area contributed by atoms with E-state index >= 15 is 0 Å². The molecule has 0 amide bonds. The van der Waals surface area contributed by atoms with Crippen LogP contribution < -0.4 is 0 Å². The second-order valence-electron chi connectivity index (χ2n) is 5.09. The van der Waals surface area contributed by atoms with Crippen LogP contribution in [0.5, 0.6) is 0 Å². The molecule has 9 heteroatoms. The van der Waals surface area contributed by atoms with E-state index in [9.17, 15) is 8.42 Å². The molecule has 0 N–H and O–H groups in total. The second-order valence-corrected chi connectivity index (χ2v) is 7.40. The van der Waals surface area contributed by atoms with E-state index in [-0.39, 0.29) is 6.54 Å². The van der Waals surface area contributed by atoms with Gasteiger partial charge in [0.2, 0.25) is 0 Å². The Morgan fingerprint density at radius 1 is 1.10 bits per heavy atom. The zero-order valence-corrected chi connectivity index (χ0v) is 13.7. The van der Waals surface area contributed by atoms with E-state index in [4.69, 9.17) is 26.0 Å². The molecular formula is C11H23ClN2O5S. The molecule has 120 valence electrons. The van der Waals surface area contributed by atoms with E-state index in [2.05, 4.69) is 0 Å². The van der Waals surface area contributed by atoms with Gasteiger partial charge < -0.3 is 14.2 Å². The van der Waals surface area contributed by atoms with Gasteiger partial charge in [-0.05, 0) is 25.6 Å². The lowest BCUT2D eigenvalue weighted by Gasteiger charge is -2.19. The maximum absolute atomic E-state index is 12.0. The van der Waals surface area contributed by atoms with E-state index in [1.165, 1.54) is 4.31 Å². The third-order valence-corrected chi connectivity index (χ3v) is 5.70. The summed E-state index contributed by atoms with van der Waals surface area (Å²) in [6.07, 6.45) is 0. The van der Waals surface area contributed by atoms with Gasteiger partial charge in [-0.3, -0.25) is 0 Å². The van der Waals surface area contributed by atoms with Crippen LogP contribution in [0.2, 0.25) is 0 Å². The van der Waals surface area contributed by atoms with Gasteiger partial charge in [0.05, 0.1) is 38.6 Å². The number of halogens is 1. The molecule has 0 saturated carbocycles. The summed E-state index contributed by atoms with van der Waals surface area (Å²) in [4.78, 5) is 0. The SMILES string of the molecule is COCCOCCOCCN1CC(C)(C)N(Cl)S1(=O)=O. The van der Waals surface area contributed by atoms with Crippen molar-refractivity contribution in [1.82, 2.24) is 8.13 Å². The molecule has 1 aliphatic rings. The highest BCUT2D eigenvalue weighted by molar-refractivity contribution is 7.88. The molecular weight excluding hydrogens is 308 g/mol. The van der Waals surface area contributed by atoms with Gasteiger partial charge in [0.1, 0.15) is 0 Å². The molecule has 0 aromatic heterocycles. The topological polar surface area (TPSA) is 68.3 Å². The molecule has 0 aromatic carbocycles. The van der Waals surface area contributed by atoms with E-state index in [0.717, 1.165) is 3.82 Å². The lowest BCUT2D eigenvalue weighted by Crippen LogP contribution is -2.34. The number of hydrogen-bond donors (Lipinski definition) is 0. The van der Waals surface area contributed by atoms with Crippen molar-refractivity contribution < 1.29 is 22.6 Å². The average Bonchev–Trinajstić information content (AvgIpc) is 2.53. The largest absolute Gasteiger partial charge is 0.382 e. The fourth-order valence-electron chi connectivity index (χ4n) is 1.81. The zero-order chi connectivity index (χ0) is 15.2. The van der Waals surface area contributed by atoms with Crippen molar-refractivity contribution in [3.63, 3.8) is 0 Å². The standard InChI is InChI=1S/C11H23ClN2O5S/c1-11(2)10-13(20(15,16)14(11)12)4-5-18-8-9-19-7-6-17-3/h4-10H2,1-3H3. The monoisotopic (exact) mass is 330 g/mol. The van der Waals surface area contributed by atoms with Crippen molar-refractivity contribution in [3.05, 3.63) is 0 Å². The molecule has 1 saturated heterocycles. The molecule has 1 fully saturated rings. The number of nitrogens with zero attached hydrogens (tertiary/aromatic N) is 2. The first-order chi connectivity index (χ1) is 9.32. The first-order valence-corrected chi connectivity index (χ1v) is 8.16. The number of hydrogen-bond acceptors (Lipinski definition) is 5. The Morgan fingerprint density at radius 2 is 1.65 bits per heavy atom. The lowest BCUT2D eigenvalue weighted by atomic mass is 10.1. The quantitative estimate of drug-likeness (QED) is 0.454. The Morgan fingerprint density at radius 3 is 2.15 bits per heavy atom. The van der Waals surface area contributed by atoms with Crippen molar-refractivity contribution in [2.24, 2.45) is 0 Å². The summed E-state index contributed by atoms with van der Waals surface area (Å²) in [5.41, 5.74) is -0.607. The van der Waals surface area contributed by atoms with Gasteiger partial charge in [0.25, 0.3) is 10.2 Å². The fraction of sp³-hybridized carbons (Fsp3) is 1.00. The summed E-state index contributed by atoms with van der Waals surface area (Å²) >= 11 is 5.83. The van der Waals surface area contributed by atoms with Crippen molar-refractivity contribution in [1.29, 1.82) is 0 Å². The Bertz CT molecular complexity index is 390. The van der Waals surface area contributed by atoms with Crippen LogP contribution >= 0.6 is 11.8 Å². The number of methoxy groups -OCH3 is 1. The van der Waals surface area contributed by atoms with Crippen LogP contribution in [-0.2, 0) is 24.4 Å². The van der Waals surface area contributed by atoms with E-state index in [1.807, 2.05) is 0 Å². The molecule has 0 aromatic rings. The van der Waals surface area contributed by atoms with Gasteiger partial charge in [-0.25, -0.2) is 0 Å². The molecule has 0 atom stereocenters. The average molecular weight is 331 g/mol. The highest BCUT2D eigenvalue weighted by Crippen LogP contribution is 2.32. The zero-order valence-electron chi connectivity index (χ0n) is 12.2. The summed E-state index contributed by atoms with van der Waals surface area (Å²) in [6.45, 7) is 6.47. The Hall–Kier alpha value is 0.0400. The van der Waals surface area contributed by atoms with Gasteiger partial charge in [0.15, 0.2) is 0 Å². The smallest absolute Gasteiger partial charge is 0.296 e. The molecule has 7 nitrogen and oxygen atoms in total. The number of rotatable bonds is 9. The Balaban J connectivity index is 2.20. The molecule has 1 aliphatic heterocycles. The maximum Gasteiger partial charge on any atom is 0.296 e. The molecule has 0 bridgehead atoms. The normalized spacial score (nSPS) is 22.4. The molecule has 0 aliphatic carbocycles. The first-order valence-electron chi connectivity index (χ1n) is 6.43. The molecule has 0 spiro atoms. The van der Waals surface area contributed by atoms with Crippen LogP contribution in [0.25, 0.3) is 0 Å². The summed E-state index contributed by atoms with van der Waals surface area (Å²) in [5.74, 6) is 0. The molecule has 20 heavy (non-hydrogen) atoms. The molecule has 0 unspecified atom stereocenters. The fourth-order valence-corrected chi connectivity index (χ4v) is 3.79. The van der Waals surface area contributed by atoms with Gasteiger partial charge in [-0.15, -0.1) is 0 Å². The minimum atomic E-state index is -3.57. The van der Waals surface area contributed by atoms with Gasteiger partial charge in [-0.2, -0.15) is 12.7 Å². The third kappa shape index (κ3) is 4.80. The van der Waals surface area contributed by atoms with E-state index < -0.39 is 15.7 Å². The van der Waals surface area contributed by atoms with Crippen molar-refractivity contribution >= 4 is 22.0 Å². The van der Waals surface area contributed by atoms with Crippen molar-refractivity contribution in [2.45, 2.75) is 19.4 Å². The van der Waals surface area contributed by atoms with Crippen molar-refractivity contribution in [2.75, 3.05) is 53.2 Å². The van der Waals surface area contributed by atoms with Crippen molar-refractivity contribution in [3.8, 4) is 0 Å². The van der Waals surface area contributed by atoms with Crippen LogP contribution in [0.15, 0.2) is 0 Å². The lowest BCUT2D eigenvalue weighted by molar-refractivity contribution is 0.0230. The van der Waals surface area contributed by atoms with Crippen LogP contribution in [0.1, 0.15) is 13.8 Å². The van der Waals surface area contributed by atoms with Crippen LogP contribution in [-0.4, -0.2) is 75.3 Å². The Kier molecular flexibility index (Phi) is 7.13. The summed E-state index contributed by atoms with van der Waals surface area (Å²) in [7, 11) is -1.96. The minimum absolute atomic E-state index is 0.285.